The minimum absolute atomic E-state index is 0.00973. The van der Waals surface area contributed by atoms with Gasteiger partial charge < -0.3 is 14.6 Å². The number of aliphatic hydroxyl groups is 1. The molecule has 1 aromatic rings. The van der Waals surface area contributed by atoms with Crippen LogP contribution in [0.15, 0.2) is 41.4 Å². The van der Waals surface area contributed by atoms with Crippen molar-refractivity contribution in [3.05, 3.63) is 57.0 Å². The van der Waals surface area contributed by atoms with Crippen molar-refractivity contribution in [1.29, 1.82) is 0 Å². The van der Waals surface area contributed by atoms with Crippen molar-refractivity contribution in [2.45, 2.75) is 25.9 Å². The highest BCUT2D eigenvalue weighted by Gasteiger charge is 2.47. The first-order valence-electron chi connectivity index (χ1n) is 7.62. The number of carbonyl (C=O) groups is 1. The number of methoxy groups -OCH3 is 1. The van der Waals surface area contributed by atoms with Crippen LogP contribution in [0.25, 0.3) is 5.57 Å². The molecule has 1 N–H and O–H groups in total. The van der Waals surface area contributed by atoms with Crippen LogP contribution in [-0.4, -0.2) is 29.2 Å². The number of fused-ring (bicyclic) bond motifs is 1. The molecular formula is C17H17NO6. The van der Waals surface area contributed by atoms with Crippen LogP contribution in [0.3, 0.4) is 0 Å². The molecule has 2 atom stereocenters. The zero-order valence-corrected chi connectivity index (χ0v) is 13.3. The lowest BCUT2D eigenvalue weighted by Crippen LogP contribution is -2.15. The van der Waals surface area contributed by atoms with Gasteiger partial charge >= 0.3 is 5.97 Å². The first kappa shape index (κ1) is 16.0. The number of aliphatic hydroxyl groups excluding tert-OH is 1. The van der Waals surface area contributed by atoms with Crippen molar-refractivity contribution in [2.24, 2.45) is 5.92 Å². The number of non-ortho nitro benzene ring substituents is 1. The molecule has 7 heteroatoms. The van der Waals surface area contributed by atoms with E-state index >= 15 is 0 Å². The fourth-order valence-electron chi connectivity index (χ4n) is 3.33. The third-order valence-electron chi connectivity index (χ3n) is 4.45. The van der Waals surface area contributed by atoms with Gasteiger partial charge in [-0.3, -0.25) is 10.1 Å². The zero-order chi connectivity index (χ0) is 17.4. The molecule has 0 aromatic heterocycles. The molecule has 126 valence electrons. The maximum absolute atomic E-state index is 11.8. The van der Waals surface area contributed by atoms with Crippen LogP contribution in [-0.2, 0) is 14.3 Å². The molecule has 0 unspecified atom stereocenters. The van der Waals surface area contributed by atoms with E-state index in [-0.39, 0.29) is 22.9 Å². The first-order valence-corrected chi connectivity index (χ1v) is 7.62. The maximum atomic E-state index is 11.8. The summed E-state index contributed by atoms with van der Waals surface area (Å²) in [5.74, 6) is -0.119. The van der Waals surface area contributed by atoms with Crippen LogP contribution < -0.4 is 0 Å². The molecule has 2 aliphatic rings. The largest absolute Gasteiger partial charge is 0.508 e. The number of benzene rings is 1. The summed E-state index contributed by atoms with van der Waals surface area (Å²) < 4.78 is 10.5. The second-order valence-corrected chi connectivity index (χ2v) is 5.70. The summed E-state index contributed by atoms with van der Waals surface area (Å²) >= 11 is 0. The van der Waals surface area contributed by atoms with E-state index in [0.717, 1.165) is 16.9 Å². The molecule has 0 saturated carbocycles. The summed E-state index contributed by atoms with van der Waals surface area (Å²) in [6.07, 6.45) is 0.346. The van der Waals surface area contributed by atoms with E-state index in [0.29, 0.717) is 12.8 Å². The fraction of sp³-hybridized carbons (Fsp3) is 0.353. The third kappa shape index (κ3) is 2.42. The minimum atomic E-state index is -0.598. The van der Waals surface area contributed by atoms with Crippen molar-refractivity contribution in [3.8, 4) is 0 Å². The summed E-state index contributed by atoms with van der Waals surface area (Å²) in [7, 11) is 1.27. The van der Waals surface area contributed by atoms with Crippen LogP contribution in [0, 0.1) is 16.0 Å². The first-order chi connectivity index (χ1) is 11.5. The van der Waals surface area contributed by atoms with E-state index < -0.39 is 17.0 Å². The van der Waals surface area contributed by atoms with Crippen LogP contribution in [0.5, 0.6) is 0 Å². The lowest BCUT2D eigenvalue weighted by Gasteiger charge is -2.12. The highest BCUT2D eigenvalue weighted by Crippen LogP contribution is 2.49. The standard InChI is InChI=1S/C17H17NO6/c1-3-13-14(9-4-6-10(7-5-9)18(21)22)11-8-12(17(20)23-2)15(19)16(11)24-13/h4-7,11,16,19H,3,8H2,1-2H3/t11-,16+/m0/s1. The molecule has 1 aliphatic heterocycles. The van der Waals surface area contributed by atoms with Crippen LogP contribution in [0.2, 0.25) is 0 Å². The molecule has 24 heavy (non-hydrogen) atoms. The van der Waals surface area contributed by atoms with Gasteiger partial charge in [-0.25, -0.2) is 4.79 Å². The van der Waals surface area contributed by atoms with Gasteiger partial charge in [-0.15, -0.1) is 0 Å². The number of rotatable bonds is 4. The smallest absolute Gasteiger partial charge is 0.337 e. The topological polar surface area (TPSA) is 98.9 Å². The lowest BCUT2D eigenvalue weighted by molar-refractivity contribution is -0.384. The van der Waals surface area contributed by atoms with Gasteiger partial charge in [0.2, 0.25) is 0 Å². The van der Waals surface area contributed by atoms with E-state index in [1.165, 1.54) is 19.2 Å². The highest BCUT2D eigenvalue weighted by molar-refractivity contribution is 5.91. The molecule has 0 radical (unpaired) electrons. The maximum Gasteiger partial charge on any atom is 0.337 e. The number of allylic oxidation sites excluding steroid dienone is 1. The molecule has 3 rings (SSSR count). The summed E-state index contributed by atoms with van der Waals surface area (Å²) in [5, 5.41) is 21.1. The molecule has 0 saturated heterocycles. The summed E-state index contributed by atoms with van der Waals surface area (Å²) in [6.45, 7) is 1.93. The fourth-order valence-corrected chi connectivity index (χ4v) is 3.33. The van der Waals surface area contributed by atoms with E-state index in [9.17, 15) is 20.0 Å². The zero-order valence-electron chi connectivity index (χ0n) is 13.3. The summed E-state index contributed by atoms with van der Waals surface area (Å²) in [4.78, 5) is 22.1. The second-order valence-electron chi connectivity index (χ2n) is 5.70. The molecule has 1 aliphatic carbocycles. The third-order valence-corrected chi connectivity index (χ3v) is 4.45. The summed E-state index contributed by atoms with van der Waals surface area (Å²) in [6, 6.07) is 6.21. The van der Waals surface area contributed by atoms with Crippen LogP contribution >= 0.6 is 0 Å². The van der Waals surface area contributed by atoms with Crippen LogP contribution in [0.4, 0.5) is 5.69 Å². The monoisotopic (exact) mass is 331 g/mol. The average molecular weight is 331 g/mol. The molecule has 0 fully saturated rings. The van der Waals surface area contributed by atoms with Crippen molar-refractivity contribution in [1.82, 2.24) is 0 Å². The highest BCUT2D eigenvalue weighted by atomic mass is 16.6. The number of carbonyl (C=O) groups excluding carboxylic acids is 1. The number of nitrogens with zero attached hydrogens (tertiary/aromatic N) is 1. The van der Waals surface area contributed by atoms with Gasteiger partial charge in [0.15, 0.2) is 6.10 Å². The normalized spacial score (nSPS) is 22.4. The number of hydrogen-bond donors (Lipinski definition) is 1. The molecule has 0 amide bonds. The Kier molecular flexibility index (Phi) is 4.01. The Hall–Kier alpha value is -2.83. The van der Waals surface area contributed by atoms with E-state index in [4.69, 9.17) is 9.47 Å². The Morgan fingerprint density at radius 1 is 1.42 bits per heavy atom. The van der Waals surface area contributed by atoms with Gasteiger partial charge in [-0.05, 0) is 24.1 Å². The number of esters is 1. The quantitative estimate of drug-likeness (QED) is 0.517. The Morgan fingerprint density at radius 3 is 2.62 bits per heavy atom. The van der Waals surface area contributed by atoms with Crippen molar-refractivity contribution in [2.75, 3.05) is 7.11 Å². The molecule has 1 aromatic carbocycles. The average Bonchev–Trinajstić information content (AvgIpc) is 3.10. The molecule has 0 bridgehead atoms. The predicted molar refractivity (Wildman–Crippen MR) is 85.0 cm³/mol. The Labute approximate surface area is 138 Å². The van der Waals surface area contributed by atoms with E-state index in [2.05, 4.69) is 0 Å². The van der Waals surface area contributed by atoms with E-state index in [1.807, 2.05) is 6.92 Å². The number of hydrogen-bond acceptors (Lipinski definition) is 6. The van der Waals surface area contributed by atoms with Gasteiger partial charge in [-0.1, -0.05) is 6.92 Å². The van der Waals surface area contributed by atoms with Gasteiger partial charge in [0.25, 0.3) is 5.69 Å². The van der Waals surface area contributed by atoms with Crippen LogP contribution in [0.1, 0.15) is 25.3 Å². The van der Waals surface area contributed by atoms with Gasteiger partial charge in [0.05, 0.1) is 17.6 Å². The van der Waals surface area contributed by atoms with E-state index in [1.54, 1.807) is 12.1 Å². The van der Waals surface area contributed by atoms with Crippen molar-refractivity contribution in [3.63, 3.8) is 0 Å². The number of ether oxygens (including phenoxy) is 2. The summed E-state index contributed by atoms with van der Waals surface area (Å²) in [5.41, 5.74) is 1.91. The molecule has 0 spiro atoms. The Bertz CT molecular complexity index is 762. The molecular weight excluding hydrogens is 314 g/mol. The molecule has 7 nitrogen and oxygen atoms in total. The Balaban J connectivity index is 1.95. The number of nitro groups is 1. The van der Waals surface area contributed by atoms with Gasteiger partial charge in [0.1, 0.15) is 11.5 Å². The van der Waals surface area contributed by atoms with Gasteiger partial charge in [-0.2, -0.15) is 0 Å². The second kappa shape index (κ2) is 5.99. The lowest BCUT2D eigenvalue weighted by atomic mass is 9.88. The van der Waals surface area contributed by atoms with Crippen molar-refractivity contribution < 1.29 is 24.3 Å². The Morgan fingerprint density at radius 2 is 2.08 bits per heavy atom. The predicted octanol–water partition coefficient (Wildman–Crippen LogP) is 3.12. The SMILES string of the molecule is CCC1=C(c2ccc([N+](=O)[O-])cc2)[C@@H]2CC(C(=O)OC)=C(O)[C@@H]2O1. The number of nitro benzene ring substituents is 1. The van der Waals surface area contributed by atoms with Gasteiger partial charge in [0, 0.05) is 30.0 Å². The molecule has 1 heterocycles. The van der Waals surface area contributed by atoms with Crippen molar-refractivity contribution >= 4 is 17.2 Å². The minimum Gasteiger partial charge on any atom is -0.508 e.